The number of benzene rings is 4. The van der Waals surface area contributed by atoms with Crippen LogP contribution in [0.25, 0.3) is 43.6 Å². The summed E-state index contributed by atoms with van der Waals surface area (Å²) in [5.41, 5.74) is 13.4. The summed E-state index contributed by atoms with van der Waals surface area (Å²) in [5.74, 6) is -2.14. The molecule has 0 bridgehead atoms. The fraction of sp³-hybridized carbons (Fsp3) is 0.0909. The van der Waals surface area contributed by atoms with E-state index in [0.717, 1.165) is 16.5 Å². The average molecular weight is 1080 g/mol. The van der Waals surface area contributed by atoms with Gasteiger partial charge in [-0.2, -0.15) is 21.0 Å². The van der Waals surface area contributed by atoms with E-state index in [4.69, 9.17) is 45.9 Å². The smallest absolute Gasteiger partial charge is 0.335 e. The number of nitriles is 4. The van der Waals surface area contributed by atoms with Crippen molar-refractivity contribution < 1.29 is 29.2 Å². The number of halogens is 6. The average Bonchev–Trinajstić information content (AvgIpc) is 3.98. The lowest BCUT2D eigenvalue weighted by Crippen LogP contribution is -2.23. The van der Waals surface area contributed by atoms with Gasteiger partial charge in [-0.1, -0.05) is 23.2 Å². The van der Waals surface area contributed by atoms with Crippen molar-refractivity contribution >= 4 is 91.1 Å². The predicted molar refractivity (Wildman–Crippen MR) is 283 cm³/mol. The highest BCUT2D eigenvalue weighted by atomic mass is 35.5. The highest BCUT2D eigenvalue weighted by Gasteiger charge is 2.15. The van der Waals surface area contributed by atoms with Gasteiger partial charge in [0, 0.05) is 124 Å². The molecule has 0 atom stereocenters. The van der Waals surface area contributed by atoms with Gasteiger partial charge in [-0.25, -0.2) is 13.6 Å². The van der Waals surface area contributed by atoms with E-state index in [2.05, 4.69) is 47.4 Å². The van der Waals surface area contributed by atoms with Gasteiger partial charge in [0.15, 0.2) is 0 Å². The Morgan fingerprint density at radius 1 is 0.684 bits per heavy atom. The van der Waals surface area contributed by atoms with Gasteiger partial charge in [0.05, 0.1) is 57.4 Å². The lowest BCUT2D eigenvalue weighted by atomic mass is 10.0. The van der Waals surface area contributed by atoms with Crippen molar-refractivity contribution in [2.24, 2.45) is 5.73 Å². The summed E-state index contributed by atoms with van der Waals surface area (Å²) in [6.45, 7) is 0.174. The highest BCUT2D eigenvalue weighted by Crippen LogP contribution is 2.28. The lowest BCUT2D eigenvalue weighted by molar-refractivity contribution is 0.0696. The number of carboxylic acids is 1. The van der Waals surface area contributed by atoms with Crippen LogP contribution in [0.15, 0.2) is 122 Å². The summed E-state index contributed by atoms with van der Waals surface area (Å²) < 4.78 is 43.1. The van der Waals surface area contributed by atoms with Crippen LogP contribution in [0.2, 0.25) is 10.0 Å². The third-order valence-electron chi connectivity index (χ3n) is 11.4. The maximum Gasteiger partial charge on any atom is 0.335 e. The van der Waals surface area contributed by atoms with Gasteiger partial charge in [0.25, 0.3) is 5.91 Å². The lowest BCUT2D eigenvalue weighted by Gasteiger charge is -2.09. The van der Waals surface area contributed by atoms with E-state index >= 15 is 0 Å². The number of carboxylic acid groups (broad SMARTS) is 1. The molecule has 6 N–H and O–H groups in total. The molecule has 0 radical (unpaired) electrons. The molecule has 10 rings (SSSR count). The van der Waals surface area contributed by atoms with E-state index in [-0.39, 0.29) is 42.8 Å². The second-order valence-electron chi connectivity index (χ2n) is 16.2. The normalized spacial score (nSPS) is 10.4. The molecule has 15 nitrogen and oxygen atoms in total. The number of carbonyl (C=O) groups excluding carboxylic acids is 1. The molecule has 6 aromatic heterocycles. The molecular formula is C55H38Cl3F3N12O3. The fourth-order valence-corrected chi connectivity index (χ4v) is 8.26. The quantitative estimate of drug-likeness (QED) is 0.0903. The molecule has 1 amide bonds. The summed E-state index contributed by atoms with van der Waals surface area (Å²) in [7, 11) is -1.00. The molecule has 6 heterocycles. The Balaban J connectivity index is 0.000000201. The zero-order chi connectivity index (χ0) is 54.5. The summed E-state index contributed by atoms with van der Waals surface area (Å²) >= 11 is 12.0. The number of nitrogens with one attached hydrogen (secondary N) is 3. The zero-order valence-corrected chi connectivity index (χ0v) is 41.6. The number of rotatable bonds is 9. The van der Waals surface area contributed by atoms with Crippen molar-refractivity contribution in [3.8, 4) is 24.3 Å². The number of fused-ring (bicyclic) bond motifs is 4. The van der Waals surface area contributed by atoms with Crippen molar-refractivity contribution in [2.45, 2.75) is 25.9 Å². The molecule has 0 aliphatic heterocycles. The Labute approximate surface area is 448 Å². The molecule has 0 aliphatic rings. The Morgan fingerprint density at radius 3 is 1.61 bits per heavy atom. The van der Waals surface area contributed by atoms with E-state index in [1.165, 1.54) is 49.1 Å². The molecule has 0 saturated carbocycles. The molecule has 76 heavy (non-hydrogen) atoms. The number of amides is 1. The van der Waals surface area contributed by atoms with Crippen molar-refractivity contribution in [1.82, 2.24) is 35.2 Å². The fourth-order valence-electron chi connectivity index (χ4n) is 7.84. The summed E-state index contributed by atoms with van der Waals surface area (Å²) in [6.07, 6.45) is 9.79. The van der Waals surface area contributed by atoms with Crippen molar-refractivity contribution in [1.29, 1.82) is 21.0 Å². The number of aromatic nitrogens is 6. The number of H-pyrrole nitrogens is 2. The first kappa shape index (κ1) is 54.4. The maximum atomic E-state index is 14.4. The maximum absolute atomic E-state index is 14.4. The third kappa shape index (κ3) is 13.0. The van der Waals surface area contributed by atoms with Crippen molar-refractivity contribution in [3.63, 3.8) is 0 Å². The number of aromatic carboxylic acids is 1. The molecule has 21 heteroatoms. The summed E-state index contributed by atoms with van der Waals surface area (Å²) in [4.78, 5) is 46.5. The van der Waals surface area contributed by atoms with Crippen LogP contribution in [0.3, 0.4) is 0 Å². The molecule has 0 aliphatic carbocycles. The Kier molecular flexibility index (Phi) is 18.2. The Bertz CT molecular complexity index is 4040. The van der Waals surface area contributed by atoms with E-state index in [1.54, 1.807) is 60.9 Å². The van der Waals surface area contributed by atoms with Crippen LogP contribution in [0.4, 0.5) is 13.2 Å². The first-order valence-corrected chi connectivity index (χ1v) is 22.8. The van der Waals surface area contributed by atoms with Gasteiger partial charge in [-0.15, -0.1) is 12.4 Å². The highest BCUT2D eigenvalue weighted by molar-refractivity contribution is 6.36. The van der Waals surface area contributed by atoms with Crippen LogP contribution >= 0.6 is 35.6 Å². The number of hydrogen-bond donors (Lipinski definition) is 5. The largest absolute Gasteiger partial charge is 0.478 e. The SMILES string of the molecule is Cl.N#Cc1cnc2c(C#N)cc(Cc3cc(C(=O)NCc4cc5c(Cl)c[nH]c5cc4F)ccn3)cc2c1.N#Cc1cnc2c(C#N)cc(Cc3cc(C(=O)O)ccn3)cc2c1.NCc1cc2c(Cl)c[nH]c2cc1F.[2H]CF. The van der Waals surface area contributed by atoms with Crippen LogP contribution in [0.1, 0.15) is 78.0 Å². The number of aromatic amines is 2. The number of alkyl halides is 1. The van der Waals surface area contributed by atoms with E-state index in [9.17, 15) is 33.3 Å². The number of pyridine rings is 4. The van der Waals surface area contributed by atoms with Crippen LogP contribution in [-0.2, 0) is 25.9 Å². The standard InChI is InChI=1S/C27H16ClFN6O.C18H10N4O2.C9H8ClFN2.CH3F.ClH/c28-23-14-33-25-9-24(29)20(8-22(23)25)13-35-27(36)17-1-2-32-21(7-17)6-15-3-18-5-16(10-30)12-34-26(18)19(4-15)11-31;19-8-12-5-14-3-11(4-15(9-20)17(14)22-10-12)6-16-7-13(18(23)24)1-2-21-16;10-7-4-13-9-2-8(11)5(3-12)1-6(7)9;1-2;/h1-5,7-9,12,14,33H,6,13H2,(H,35,36);1-5,7,10H,6H2,(H,23,24);1-2,4,13H,3,12H2;1H3;1H/i;;;1D;. The van der Waals surface area contributed by atoms with Gasteiger partial charge >= 0.3 is 5.97 Å². The van der Waals surface area contributed by atoms with E-state index in [1.807, 2.05) is 24.3 Å². The van der Waals surface area contributed by atoms with Gasteiger partial charge in [-0.05, 0) is 96.1 Å². The molecular weight excluding hydrogens is 1040 g/mol. The van der Waals surface area contributed by atoms with Crippen LogP contribution < -0.4 is 11.1 Å². The minimum atomic E-state index is -1.02. The predicted octanol–water partition coefficient (Wildman–Crippen LogP) is 11.3. The molecule has 0 unspecified atom stereocenters. The molecule has 0 fully saturated rings. The van der Waals surface area contributed by atoms with Crippen molar-refractivity contribution in [2.75, 3.05) is 7.15 Å². The van der Waals surface area contributed by atoms with E-state index < -0.39 is 18.9 Å². The molecule has 0 saturated heterocycles. The topological polar surface area (TPSA) is 271 Å². The first-order chi connectivity index (χ1) is 36.7. The van der Waals surface area contributed by atoms with Crippen molar-refractivity contribution in [3.05, 3.63) is 211 Å². The van der Waals surface area contributed by atoms with Crippen LogP contribution in [0, 0.1) is 57.0 Å². The Morgan fingerprint density at radius 2 is 1.14 bits per heavy atom. The Hall–Kier alpha value is -9.40. The molecule has 10 aromatic rings. The minimum Gasteiger partial charge on any atom is -0.478 e. The van der Waals surface area contributed by atoms with Gasteiger partial charge < -0.3 is 26.1 Å². The van der Waals surface area contributed by atoms with Crippen LogP contribution in [-0.4, -0.2) is 54.0 Å². The van der Waals surface area contributed by atoms with E-state index in [0.29, 0.717) is 111 Å². The number of nitrogens with zero attached hydrogens (tertiary/aromatic N) is 8. The zero-order valence-electron chi connectivity index (χ0n) is 40.3. The summed E-state index contributed by atoms with van der Waals surface area (Å²) in [6, 6.07) is 31.0. The minimum absolute atomic E-state index is 0. The van der Waals surface area contributed by atoms with Crippen LogP contribution in [0.5, 0.6) is 0 Å². The first-order valence-electron chi connectivity index (χ1n) is 22.7. The van der Waals surface area contributed by atoms with Gasteiger partial charge in [0.1, 0.15) is 35.9 Å². The summed E-state index contributed by atoms with van der Waals surface area (Å²) in [5, 5.41) is 52.7. The number of nitrogens with two attached hydrogens (primary N) is 1. The second-order valence-corrected chi connectivity index (χ2v) is 17.0. The monoisotopic (exact) mass is 1080 g/mol. The number of hydrogen-bond acceptors (Lipinski definition) is 11. The van der Waals surface area contributed by atoms with Gasteiger partial charge in [0.2, 0.25) is 0 Å². The van der Waals surface area contributed by atoms with Gasteiger partial charge in [-0.3, -0.25) is 29.1 Å². The third-order valence-corrected chi connectivity index (χ3v) is 12.0. The second kappa shape index (κ2) is 25.5. The molecule has 4 aromatic carbocycles. The molecule has 378 valence electrons. The molecule has 0 spiro atoms. The number of carbonyl (C=O) groups is 2.